The maximum Gasteiger partial charge on any atom is 0.306 e. The second-order valence-corrected chi connectivity index (χ2v) is 18.4. The van der Waals surface area contributed by atoms with Gasteiger partial charge in [0.05, 0.1) is 0 Å². The monoisotopic (exact) mass is 993 g/mol. The number of hydrogen-bond acceptors (Lipinski definition) is 6. The van der Waals surface area contributed by atoms with Crippen LogP contribution in [0, 0.1) is 0 Å². The first-order chi connectivity index (χ1) is 35.5. The fraction of sp³-hybridized carbons (Fsp3) is 0.591. The van der Waals surface area contributed by atoms with Crippen molar-refractivity contribution in [3.63, 3.8) is 0 Å². The van der Waals surface area contributed by atoms with Crippen molar-refractivity contribution in [1.29, 1.82) is 0 Å². The normalized spacial score (nSPS) is 13.2. The van der Waals surface area contributed by atoms with Crippen LogP contribution in [0.1, 0.15) is 233 Å². The first-order valence-corrected chi connectivity index (χ1v) is 28.8. The SMILES string of the molecule is CC/C=C\C/C=C\C/C=C\C/C=C\C/C=C\C/C=C\C/C=C\C/C=C\CCCCCCC(=O)OCC(COC(=O)CCCCCCC/C=C\CCC)OC(=O)CCCCCCC/C=C\C/C=C\C/C=C\CC. The molecule has 0 spiro atoms. The van der Waals surface area contributed by atoms with Gasteiger partial charge in [-0.2, -0.15) is 0 Å². The molecule has 404 valence electrons. The molecule has 0 N–H and O–H groups in total. The molecule has 0 rings (SSSR count). The van der Waals surface area contributed by atoms with Crippen LogP contribution in [0.2, 0.25) is 0 Å². The van der Waals surface area contributed by atoms with E-state index in [4.69, 9.17) is 14.2 Å². The average molecular weight is 994 g/mol. The average Bonchev–Trinajstić information content (AvgIpc) is 3.38. The highest BCUT2D eigenvalue weighted by Gasteiger charge is 2.19. The van der Waals surface area contributed by atoms with Gasteiger partial charge in [-0.3, -0.25) is 14.4 Å². The number of carbonyl (C=O) groups is 3. The zero-order chi connectivity index (χ0) is 52.2. The van der Waals surface area contributed by atoms with Crippen molar-refractivity contribution in [3.8, 4) is 0 Å². The summed E-state index contributed by atoms with van der Waals surface area (Å²) in [5.41, 5.74) is 0. The molecular weight excluding hydrogens is 889 g/mol. The third-order valence-electron chi connectivity index (χ3n) is 11.5. The molecule has 0 fully saturated rings. The quantitative estimate of drug-likeness (QED) is 0.0261. The molecule has 0 aromatic carbocycles. The Hall–Kier alpha value is -4.71. The molecule has 1 atom stereocenters. The van der Waals surface area contributed by atoms with Gasteiger partial charge < -0.3 is 14.2 Å². The third-order valence-corrected chi connectivity index (χ3v) is 11.5. The largest absolute Gasteiger partial charge is 0.462 e. The van der Waals surface area contributed by atoms with Gasteiger partial charge in [-0.05, 0) is 135 Å². The summed E-state index contributed by atoms with van der Waals surface area (Å²) in [7, 11) is 0. The summed E-state index contributed by atoms with van der Waals surface area (Å²) in [6.45, 7) is 6.29. The van der Waals surface area contributed by atoms with E-state index in [1.807, 2.05) is 0 Å². The highest BCUT2D eigenvalue weighted by molar-refractivity contribution is 5.71. The summed E-state index contributed by atoms with van der Waals surface area (Å²) in [6, 6.07) is 0. The van der Waals surface area contributed by atoms with Crippen molar-refractivity contribution in [2.24, 2.45) is 0 Å². The van der Waals surface area contributed by atoms with E-state index >= 15 is 0 Å². The molecule has 0 aliphatic rings. The summed E-state index contributed by atoms with van der Waals surface area (Å²) in [5.74, 6) is -0.965. The van der Waals surface area contributed by atoms with Crippen molar-refractivity contribution in [2.45, 2.75) is 239 Å². The van der Waals surface area contributed by atoms with Crippen molar-refractivity contribution >= 4 is 17.9 Å². The van der Waals surface area contributed by atoms with E-state index in [-0.39, 0.29) is 31.1 Å². The van der Waals surface area contributed by atoms with E-state index in [2.05, 4.69) is 167 Å². The van der Waals surface area contributed by atoms with Crippen LogP contribution in [0.15, 0.2) is 146 Å². The minimum atomic E-state index is -0.807. The van der Waals surface area contributed by atoms with Gasteiger partial charge in [0.25, 0.3) is 0 Å². The van der Waals surface area contributed by atoms with Crippen LogP contribution in [0.5, 0.6) is 0 Å². The minimum Gasteiger partial charge on any atom is -0.462 e. The molecule has 0 aromatic rings. The lowest BCUT2D eigenvalue weighted by Gasteiger charge is -2.18. The standard InChI is InChI=1S/C66H104O6/c1-4-7-10-13-16-19-22-24-26-27-28-29-30-31-32-33-34-35-36-37-38-39-41-42-44-47-50-53-56-59-65(68)71-62-63(61-70-64(67)58-55-52-49-46-21-18-15-12-9-6-3)72-66(69)60-57-54-51-48-45-43-40-25-23-20-17-14-11-8-5-2/h7-8,10-12,15-17,19-20,24-26,28-29,31-32,34-35,37-38,40-42,63H,4-6,9,13-14,18,21-23,27,30,33,36,39,43-62H2,1-3H3/b10-7-,11-8-,15-12-,19-16-,20-17-,26-24-,29-28-,32-31-,35-34-,38-37-,40-25-,42-41-. The third kappa shape index (κ3) is 56.2. The molecule has 0 bridgehead atoms. The maximum atomic E-state index is 12.8. The molecule has 6 heteroatoms. The number of esters is 3. The summed E-state index contributed by atoms with van der Waals surface area (Å²) < 4.78 is 16.8. The predicted molar refractivity (Wildman–Crippen MR) is 311 cm³/mol. The van der Waals surface area contributed by atoms with Crippen LogP contribution in [-0.2, 0) is 28.6 Å². The number of ether oxygens (including phenoxy) is 3. The molecule has 1 unspecified atom stereocenters. The van der Waals surface area contributed by atoms with Crippen LogP contribution in [0.4, 0.5) is 0 Å². The van der Waals surface area contributed by atoms with Crippen LogP contribution in [0.3, 0.4) is 0 Å². The van der Waals surface area contributed by atoms with Crippen molar-refractivity contribution < 1.29 is 28.6 Å². The Bertz CT molecular complexity index is 1610. The summed E-state index contributed by atoms with van der Waals surface area (Å²) in [4.78, 5) is 38.0. The zero-order valence-corrected chi connectivity index (χ0v) is 46.1. The zero-order valence-electron chi connectivity index (χ0n) is 46.1. The highest BCUT2D eigenvalue weighted by atomic mass is 16.6. The Morgan fingerprint density at radius 2 is 0.542 bits per heavy atom. The number of hydrogen-bond donors (Lipinski definition) is 0. The smallest absolute Gasteiger partial charge is 0.306 e. The fourth-order valence-electron chi connectivity index (χ4n) is 7.30. The van der Waals surface area contributed by atoms with E-state index in [9.17, 15) is 14.4 Å². The topological polar surface area (TPSA) is 78.9 Å². The van der Waals surface area contributed by atoms with E-state index in [1.165, 1.54) is 12.8 Å². The predicted octanol–water partition coefficient (Wildman–Crippen LogP) is 19.6. The number of rotatable bonds is 50. The molecule has 0 aliphatic heterocycles. The van der Waals surface area contributed by atoms with Crippen molar-refractivity contribution in [2.75, 3.05) is 13.2 Å². The molecule has 0 aromatic heterocycles. The Labute approximate surface area is 442 Å². The second-order valence-electron chi connectivity index (χ2n) is 18.4. The molecule has 0 aliphatic carbocycles. The maximum absolute atomic E-state index is 12.8. The van der Waals surface area contributed by atoms with E-state index in [0.29, 0.717) is 19.3 Å². The second kappa shape index (κ2) is 58.9. The number of carbonyl (C=O) groups excluding carboxylic acids is 3. The lowest BCUT2D eigenvalue weighted by Crippen LogP contribution is -2.30. The summed E-state index contributed by atoms with van der Waals surface area (Å²) in [6.07, 6.45) is 84.2. The first kappa shape index (κ1) is 67.3. The molecule has 0 amide bonds. The molecular formula is C66H104O6. The Kier molecular flexibility index (Phi) is 55.0. The Morgan fingerprint density at radius 1 is 0.292 bits per heavy atom. The minimum absolute atomic E-state index is 0.103. The van der Waals surface area contributed by atoms with Gasteiger partial charge in [0, 0.05) is 19.3 Å². The van der Waals surface area contributed by atoms with E-state index < -0.39 is 6.10 Å². The van der Waals surface area contributed by atoms with Crippen LogP contribution < -0.4 is 0 Å². The molecule has 6 nitrogen and oxygen atoms in total. The summed E-state index contributed by atoms with van der Waals surface area (Å²) in [5, 5.41) is 0. The molecule has 72 heavy (non-hydrogen) atoms. The van der Waals surface area contributed by atoms with Crippen molar-refractivity contribution in [1.82, 2.24) is 0 Å². The Morgan fingerprint density at radius 3 is 0.861 bits per heavy atom. The van der Waals surface area contributed by atoms with Crippen LogP contribution in [0.25, 0.3) is 0 Å². The van der Waals surface area contributed by atoms with Gasteiger partial charge in [0.2, 0.25) is 0 Å². The van der Waals surface area contributed by atoms with Gasteiger partial charge >= 0.3 is 17.9 Å². The Balaban J connectivity index is 4.36. The highest BCUT2D eigenvalue weighted by Crippen LogP contribution is 2.13. The van der Waals surface area contributed by atoms with Gasteiger partial charge in [-0.15, -0.1) is 0 Å². The van der Waals surface area contributed by atoms with Crippen LogP contribution >= 0.6 is 0 Å². The molecule has 0 radical (unpaired) electrons. The lowest BCUT2D eigenvalue weighted by molar-refractivity contribution is -0.167. The van der Waals surface area contributed by atoms with Crippen LogP contribution in [-0.4, -0.2) is 37.2 Å². The lowest BCUT2D eigenvalue weighted by atomic mass is 10.1. The number of unbranched alkanes of at least 4 members (excludes halogenated alkanes) is 15. The van der Waals surface area contributed by atoms with Crippen molar-refractivity contribution in [3.05, 3.63) is 146 Å². The fourth-order valence-corrected chi connectivity index (χ4v) is 7.30. The molecule has 0 saturated heterocycles. The van der Waals surface area contributed by atoms with Gasteiger partial charge in [0.15, 0.2) is 6.10 Å². The molecule has 0 heterocycles. The van der Waals surface area contributed by atoms with E-state index in [0.717, 1.165) is 180 Å². The molecule has 0 saturated carbocycles. The number of allylic oxidation sites excluding steroid dienone is 24. The van der Waals surface area contributed by atoms with Gasteiger partial charge in [-0.1, -0.05) is 224 Å². The van der Waals surface area contributed by atoms with E-state index in [1.54, 1.807) is 0 Å². The van der Waals surface area contributed by atoms with Gasteiger partial charge in [-0.25, -0.2) is 0 Å². The summed E-state index contributed by atoms with van der Waals surface area (Å²) >= 11 is 0. The van der Waals surface area contributed by atoms with Gasteiger partial charge in [0.1, 0.15) is 13.2 Å². The first-order valence-electron chi connectivity index (χ1n) is 28.8.